The minimum absolute atomic E-state index is 0.000806. The quantitative estimate of drug-likeness (QED) is 0.233. The number of H-pyrrole nitrogens is 1. The summed E-state index contributed by atoms with van der Waals surface area (Å²) in [6.45, 7) is 0. The Hall–Kier alpha value is 0.290. The first-order valence-electron chi connectivity index (χ1n) is 7.25. The number of pyridine rings is 1. The summed E-state index contributed by atoms with van der Waals surface area (Å²) >= 11 is 61.8. The zero-order valence-corrected chi connectivity index (χ0v) is 20.9. The van der Waals surface area contributed by atoms with Crippen LogP contribution in [0.5, 0.6) is 0 Å². The molecule has 0 saturated carbocycles. The van der Waals surface area contributed by atoms with E-state index < -0.39 is 5.56 Å². The van der Waals surface area contributed by atoms with Gasteiger partial charge >= 0.3 is 0 Å². The highest BCUT2D eigenvalue weighted by Gasteiger charge is 2.25. The fraction of sp³-hybridized carbons (Fsp3) is 0. The molecule has 29 heavy (non-hydrogen) atoms. The Balaban J connectivity index is 2.39. The first kappa shape index (κ1) is 23.9. The summed E-state index contributed by atoms with van der Waals surface area (Å²) in [6, 6.07) is 1.43. The van der Waals surface area contributed by atoms with Gasteiger partial charge in [0.1, 0.15) is 0 Å². The van der Waals surface area contributed by atoms with Crippen molar-refractivity contribution in [1.82, 2.24) is 4.98 Å². The zero-order chi connectivity index (χ0) is 21.8. The number of aromatic amines is 1. The van der Waals surface area contributed by atoms with Crippen molar-refractivity contribution < 1.29 is 0 Å². The van der Waals surface area contributed by atoms with Gasteiger partial charge in [0, 0.05) is 22.9 Å². The molecule has 0 saturated heterocycles. The second-order valence-corrected chi connectivity index (χ2v) is 9.30. The summed E-state index contributed by atoms with van der Waals surface area (Å²) in [4.78, 5) is 15.1. The summed E-state index contributed by atoms with van der Waals surface area (Å²) in [6.07, 6.45) is 1.36. The monoisotopic (exact) mass is 587 g/mol. The molecule has 0 aliphatic heterocycles. The standard InChI is InChI=1S/C17H3Cl10NO/c18-7-5(8(19)12(23)15(26)11(7)22)3-1-4(17(29)28-2-3)6-9(20)13(24)16(27)14(25)10(6)21/h1-2H,(H,28,29). The minimum atomic E-state index is -0.537. The van der Waals surface area contributed by atoms with E-state index >= 15 is 0 Å². The lowest BCUT2D eigenvalue weighted by Crippen LogP contribution is -2.09. The van der Waals surface area contributed by atoms with Crippen molar-refractivity contribution >= 4 is 116 Å². The minimum Gasteiger partial charge on any atom is -0.328 e. The molecule has 0 fully saturated rings. The smallest absolute Gasteiger partial charge is 0.255 e. The summed E-state index contributed by atoms with van der Waals surface area (Å²) in [5, 5.41) is -0.204. The maximum Gasteiger partial charge on any atom is 0.255 e. The van der Waals surface area contributed by atoms with Crippen molar-refractivity contribution in [3.8, 4) is 22.3 Å². The highest BCUT2D eigenvalue weighted by Crippen LogP contribution is 2.50. The Morgan fingerprint density at radius 3 is 1.28 bits per heavy atom. The van der Waals surface area contributed by atoms with Crippen LogP contribution in [-0.4, -0.2) is 4.98 Å². The van der Waals surface area contributed by atoms with Gasteiger partial charge in [-0.2, -0.15) is 0 Å². The van der Waals surface area contributed by atoms with Gasteiger partial charge in [0.05, 0.1) is 55.8 Å². The number of aromatic nitrogens is 1. The molecule has 0 atom stereocenters. The number of hydrogen-bond acceptors (Lipinski definition) is 1. The fourth-order valence-electron chi connectivity index (χ4n) is 2.51. The van der Waals surface area contributed by atoms with E-state index in [1.807, 2.05) is 0 Å². The number of halogens is 10. The average molecular weight is 592 g/mol. The molecule has 0 amide bonds. The summed E-state index contributed by atoms with van der Waals surface area (Å²) in [5.74, 6) is 0. The van der Waals surface area contributed by atoms with E-state index in [9.17, 15) is 4.79 Å². The number of hydrogen-bond donors (Lipinski definition) is 1. The molecule has 12 heteroatoms. The largest absolute Gasteiger partial charge is 0.328 e. The van der Waals surface area contributed by atoms with E-state index in [0.717, 1.165) is 0 Å². The van der Waals surface area contributed by atoms with Gasteiger partial charge in [-0.25, -0.2) is 0 Å². The molecule has 0 aliphatic rings. The lowest BCUT2D eigenvalue weighted by Gasteiger charge is -2.15. The van der Waals surface area contributed by atoms with Gasteiger partial charge in [0.25, 0.3) is 5.56 Å². The second-order valence-electron chi connectivity index (χ2n) is 5.52. The molecule has 2 aromatic carbocycles. The highest BCUT2D eigenvalue weighted by molar-refractivity contribution is 6.57. The van der Waals surface area contributed by atoms with Crippen LogP contribution in [0, 0.1) is 0 Å². The van der Waals surface area contributed by atoms with E-state index in [1.165, 1.54) is 12.3 Å². The molecule has 0 bridgehead atoms. The van der Waals surface area contributed by atoms with Gasteiger partial charge in [0.15, 0.2) is 0 Å². The third kappa shape index (κ3) is 4.07. The van der Waals surface area contributed by atoms with Crippen LogP contribution in [0.15, 0.2) is 17.1 Å². The number of rotatable bonds is 2. The lowest BCUT2D eigenvalue weighted by atomic mass is 10.0. The van der Waals surface area contributed by atoms with E-state index in [4.69, 9.17) is 116 Å². The molecule has 0 aliphatic carbocycles. The van der Waals surface area contributed by atoms with Crippen LogP contribution in [0.2, 0.25) is 50.2 Å². The van der Waals surface area contributed by atoms with Crippen molar-refractivity contribution in [3.63, 3.8) is 0 Å². The number of benzene rings is 2. The Bertz CT molecular complexity index is 1180. The van der Waals surface area contributed by atoms with Crippen molar-refractivity contribution in [2.24, 2.45) is 0 Å². The molecular formula is C17H3Cl10NO. The average Bonchev–Trinajstić information content (AvgIpc) is 2.70. The van der Waals surface area contributed by atoms with Crippen LogP contribution in [0.3, 0.4) is 0 Å². The van der Waals surface area contributed by atoms with Crippen molar-refractivity contribution in [2.75, 3.05) is 0 Å². The van der Waals surface area contributed by atoms with Crippen LogP contribution in [0.4, 0.5) is 0 Å². The molecule has 1 aromatic heterocycles. The molecule has 0 spiro atoms. The topological polar surface area (TPSA) is 32.9 Å². The highest BCUT2D eigenvalue weighted by atomic mass is 35.5. The van der Waals surface area contributed by atoms with Crippen molar-refractivity contribution in [2.45, 2.75) is 0 Å². The molecule has 2 nitrogen and oxygen atoms in total. The van der Waals surface area contributed by atoms with Crippen molar-refractivity contribution in [3.05, 3.63) is 72.8 Å². The van der Waals surface area contributed by atoms with E-state index in [-0.39, 0.29) is 66.9 Å². The maximum atomic E-state index is 12.5. The first-order valence-corrected chi connectivity index (χ1v) is 11.0. The third-order valence-corrected chi connectivity index (χ3v) is 8.43. The van der Waals surface area contributed by atoms with Gasteiger partial charge in [-0.3, -0.25) is 4.79 Å². The molecule has 3 rings (SSSR count). The van der Waals surface area contributed by atoms with Gasteiger partial charge in [-0.05, 0) is 6.07 Å². The van der Waals surface area contributed by atoms with E-state index in [1.54, 1.807) is 0 Å². The Morgan fingerprint density at radius 1 is 0.517 bits per heavy atom. The molecule has 0 radical (unpaired) electrons. The second kappa shape index (κ2) is 9.03. The molecule has 152 valence electrons. The van der Waals surface area contributed by atoms with Crippen LogP contribution in [-0.2, 0) is 0 Å². The molecule has 1 heterocycles. The Labute approximate surface area is 214 Å². The van der Waals surface area contributed by atoms with E-state index in [2.05, 4.69) is 4.98 Å². The SMILES string of the molecule is O=c1[nH]cc(-c2c(Cl)c(Cl)c(Cl)c(Cl)c2Cl)cc1-c1c(Cl)c(Cl)c(Cl)c(Cl)c1Cl. The maximum absolute atomic E-state index is 12.5. The van der Waals surface area contributed by atoms with Gasteiger partial charge in [-0.15, -0.1) is 0 Å². The first-order chi connectivity index (χ1) is 13.5. The predicted octanol–water partition coefficient (Wildman–Crippen LogP) is 10.2. The van der Waals surface area contributed by atoms with Crippen LogP contribution < -0.4 is 5.56 Å². The summed E-state index contributed by atoms with van der Waals surface area (Å²) < 4.78 is 0. The van der Waals surface area contributed by atoms with Crippen LogP contribution >= 0.6 is 116 Å². The predicted molar refractivity (Wildman–Crippen MR) is 128 cm³/mol. The van der Waals surface area contributed by atoms with E-state index in [0.29, 0.717) is 5.56 Å². The lowest BCUT2D eigenvalue weighted by molar-refractivity contribution is 1.24. The third-order valence-electron chi connectivity index (χ3n) is 3.88. The van der Waals surface area contributed by atoms with Gasteiger partial charge in [0.2, 0.25) is 0 Å². The molecule has 0 unspecified atom stereocenters. The van der Waals surface area contributed by atoms with Gasteiger partial charge in [-0.1, -0.05) is 116 Å². The van der Waals surface area contributed by atoms with Gasteiger partial charge < -0.3 is 4.98 Å². The van der Waals surface area contributed by atoms with Crippen LogP contribution in [0.1, 0.15) is 0 Å². The van der Waals surface area contributed by atoms with Crippen LogP contribution in [0.25, 0.3) is 22.3 Å². The molecule has 1 N–H and O–H groups in total. The summed E-state index contributed by atoms with van der Waals surface area (Å²) in [7, 11) is 0. The summed E-state index contributed by atoms with van der Waals surface area (Å²) in [5.41, 5.74) is 0.167. The Kier molecular flexibility index (Phi) is 7.46. The van der Waals surface area contributed by atoms with Crippen molar-refractivity contribution in [1.29, 1.82) is 0 Å². The fourth-order valence-corrected chi connectivity index (χ4v) is 5.21. The zero-order valence-electron chi connectivity index (χ0n) is 13.3. The number of nitrogens with one attached hydrogen (secondary N) is 1. The normalized spacial score (nSPS) is 11.2. The molecular weight excluding hydrogens is 589 g/mol. The Morgan fingerprint density at radius 2 is 0.862 bits per heavy atom. The molecule has 3 aromatic rings.